The fourth-order valence-electron chi connectivity index (χ4n) is 1.47. The van der Waals surface area contributed by atoms with Crippen molar-refractivity contribution in [1.29, 1.82) is 0 Å². The van der Waals surface area contributed by atoms with Gasteiger partial charge in [0.05, 0.1) is 0 Å². The van der Waals surface area contributed by atoms with E-state index in [1.807, 2.05) is 18.2 Å². The molecule has 1 aromatic rings. The molecule has 0 heterocycles. The third-order valence-corrected chi connectivity index (χ3v) is 2.54. The quantitative estimate of drug-likeness (QED) is 0.776. The van der Waals surface area contributed by atoms with Gasteiger partial charge in [0.15, 0.2) is 0 Å². The van der Waals surface area contributed by atoms with E-state index in [0.29, 0.717) is 18.5 Å². The van der Waals surface area contributed by atoms with Gasteiger partial charge in [-0.2, -0.15) is 0 Å². The highest BCUT2D eigenvalue weighted by Crippen LogP contribution is 2.26. The first-order chi connectivity index (χ1) is 7.65. The Labute approximate surface area is 99.5 Å². The smallest absolute Gasteiger partial charge is 0.303 e. The first-order valence-electron chi connectivity index (χ1n) is 5.01. The van der Waals surface area contributed by atoms with Crippen molar-refractivity contribution in [3.05, 3.63) is 35.4 Å². The van der Waals surface area contributed by atoms with Gasteiger partial charge in [0.2, 0.25) is 0 Å². The molecule has 0 bridgehead atoms. The zero-order valence-electron chi connectivity index (χ0n) is 8.82. The molecule has 3 N–H and O–H groups in total. The van der Waals surface area contributed by atoms with Gasteiger partial charge in [-0.05, 0) is 24.5 Å². The van der Waals surface area contributed by atoms with Crippen molar-refractivity contribution >= 4 is 28.8 Å². The second-order valence-electron chi connectivity index (χ2n) is 3.47. The SMILES string of the molecule is Nc1ccccc1C(=CCl)CCCC(=O)O. The molecule has 0 aliphatic rings. The molecule has 0 unspecified atom stereocenters. The Morgan fingerprint density at radius 2 is 2.06 bits per heavy atom. The number of halogens is 1. The molecule has 0 saturated heterocycles. The number of carbonyl (C=O) groups is 1. The highest BCUT2D eigenvalue weighted by atomic mass is 35.5. The number of aliphatic carboxylic acids is 1. The minimum atomic E-state index is -0.796. The van der Waals surface area contributed by atoms with Gasteiger partial charge in [0, 0.05) is 23.2 Å². The average Bonchev–Trinajstić information content (AvgIpc) is 2.25. The third-order valence-electron chi connectivity index (χ3n) is 2.28. The molecule has 1 rings (SSSR count). The van der Waals surface area contributed by atoms with Gasteiger partial charge >= 0.3 is 5.97 Å². The van der Waals surface area contributed by atoms with Gasteiger partial charge in [-0.3, -0.25) is 4.79 Å². The maximum absolute atomic E-state index is 10.4. The third kappa shape index (κ3) is 3.59. The van der Waals surface area contributed by atoms with Crippen LogP contribution in [-0.4, -0.2) is 11.1 Å². The van der Waals surface area contributed by atoms with Crippen LogP contribution >= 0.6 is 11.6 Å². The fourth-order valence-corrected chi connectivity index (χ4v) is 1.69. The van der Waals surface area contributed by atoms with Crippen molar-refractivity contribution in [1.82, 2.24) is 0 Å². The first-order valence-corrected chi connectivity index (χ1v) is 5.44. The summed E-state index contributed by atoms with van der Waals surface area (Å²) in [5.74, 6) is -0.796. The Balaban J connectivity index is 2.69. The minimum absolute atomic E-state index is 0.140. The molecule has 4 heteroatoms. The Morgan fingerprint density at radius 1 is 1.38 bits per heavy atom. The van der Waals surface area contributed by atoms with Crippen LogP contribution in [0, 0.1) is 0 Å². The van der Waals surface area contributed by atoms with Crippen LogP contribution < -0.4 is 5.73 Å². The summed E-state index contributed by atoms with van der Waals surface area (Å²) in [6.07, 6.45) is 1.31. The number of hydrogen-bond donors (Lipinski definition) is 2. The van der Waals surface area contributed by atoms with E-state index < -0.39 is 5.97 Å². The van der Waals surface area contributed by atoms with E-state index in [9.17, 15) is 4.79 Å². The van der Waals surface area contributed by atoms with Crippen LogP contribution in [0.4, 0.5) is 5.69 Å². The Bertz CT molecular complexity index is 402. The van der Waals surface area contributed by atoms with E-state index in [4.69, 9.17) is 22.4 Å². The van der Waals surface area contributed by atoms with Crippen LogP contribution in [0.2, 0.25) is 0 Å². The first kappa shape index (κ1) is 12.6. The summed E-state index contributed by atoms with van der Waals surface area (Å²) in [5, 5.41) is 8.55. The van der Waals surface area contributed by atoms with Crippen molar-refractivity contribution in [2.75, 3.05) is 5.73 Å². The van der Waals surface area contributed by atoms with Crippen LogP contribution in [-0.2, 0) is 4.79 Å². The summed E-state index contributed by atoms with van der Waals surface area (Å²) in [4.78, 5) is 10.4. The molecule has 0 spiro atoms. The Kier molecular flexibility index (Phi) is 4.86. The number of rotatable bonds is 5. The number of anilines is 1. The lowest BCUT2D eigenvalue weighted by molar-refractivity contribution is -0.137. The molecule has 16 heavy (non-hydrogen) atoms. The second-order valence-corrected chi connectivity index (χ2v) is 3.69. The van der Waals surface area contributed by atoms with Crippen molar-refractivity contribution in [3.63, 3.8) is 0 Å². The lowest BCUT2D eigenvalue weighted by Crippen LogP contribution is -1.96. The van der Waals surface area contributed by atoms with Crippen molar-refractivity contribution in [2.24, 2.45) is 0 Å². The van der Waals surface area contributed by atoms with Crippen molar-refractivity contribution in [2.45, 2.75) is 19.3 Å². The Morgan fingerprint density at radius 3 is 2.62 bits per heavy atom. The van der Waals surface area contributed by atoms with Gasteiger partial charge in [0.1, 0.15) is 0 Å². The molecular weight excluding hydrogens is 226 g/mol. The molecule has 0 radical (unpaired) electrons. The van der Waals surface area contributed by atoms with Crippen molar-refractivity contribution < 1.29 is 9.90 Å². The lowest BCUT2D eigenvalue weighted by atomic mass is 10.0. The molecule has 1 aromatic carbocycles. The summed E-state index contributed by atoms with van der Waals surface area (Å²) in [6, 6.07) is 7.41. The number of para-hydroxylation sites is 1. The van der Waals surface area contributed by atoms with E-state index in [-0.39, 0.29) is 6.42 Å². The van der Waals surface area contributed by atoms with Crippen LogP contribution in [0.15, 0.2) is 29.8 Å². The second kappa shape index (κ2) is 6.18. The Hall–Kier alpha value is -1.48. The highest BCUT2D eigenvalue weighted by Gasteiger charge is 2.06. The summed E-state index contributed by atoms with van der Waals surface area (Å²) in [7, 11) is 0. The molecule has 0 amide bonds. The zero-order chi connectivity index (χ0) is 12.0. The fraction of sp³-hybridized carbons (Fsp3) is 0.250. The van der Waals surface area contributed by atoms with Gasteiger partial charge in [0.25, 0.3) is 0 Å². The standard InChI is InChI=1S/C12H14ClNO2/c13-8-9(4-3-7-12(15)16)10-5-1-2-6-11(10)14/h1-2,5-6,8H,3-4,7,14H2,(H,15,16). The lowest BCUT2D eigenvalue weighted by Gasteiger charge is -2.08. The number of benzene rings is 1. The molecule has 0 atom stereocenters. The number of nitrogens with two attached hydrogens (primary N) is 1. The zero-order valence-corrected chi connectivity index (χ0v) is 9.57. The van der Waals surface area contributed by atoms with Crippen LogP contribution in [0.3, 0.4) is 0 Å². The normalized spacial score (nSPS) is 11.4. The maximum Gasteiger partial charge on any atom is 0.303 e. The van der Waals surface area contributed by atoms with E-state index in [0.717, 1.165) is 11.1 Å². The number of allylic oxidation sites excluding steroid dienone is 1. The van der Waals surface area contributed by atoms with E-state index in [2.05, 4.69) is 0 Å². The molecule has 0 saturated carbocycles. The predicted octanol–water partition coefficient (Wildman–Crippen LogP) is 3.10. The monoisotopic (exact) mass is 239 g/mol. The topological polar surface area (TPSA) is 63.3 Å². The maximum atomic E-state index is 10.4. The summed E-state index contributed by atoms with van der Waals surface area (Å²) in [6.45, 7) is 0. The summed E-state index contributed by atoms with van der Waals surface area (Å²) < 4.78 is 0. The molecule has 3 nitrogen and oxygen atoms in total. The van der Waals surface area contributed by atoms with E-state index in [1.54, 1.807) is 6.07 Å². The molecule has 86 valence electrons. The molecule has 0 aromatic heterocycles. The number of nitrogen functional groups attached to an aromatic ring is 1. The molecular formula is C12H14ClNO2. The minimum Gasteiger partial charge on any atom is -0.481 e. The summed E-state index contributed by atoms with van der Waals surface area (Å²) >= 11 is 5.72. The molecule has 0 aliphatic carbocycles. The predicted molar refractivity (Wildman–Crippen MR) is 66.2 cm³/mol. The van der Waals surface area contributed by atoms with Crippen LogP contribution in [0.25, 0.3) is 5.57 Å². The van der Waals surface area contributed by atoms with Crippen LogP contribution in [0.5, 0.6) is 0 Å². The molecule has 0 aliphatic heterocycles. The number of carboxylic acid groups (broad SMARTS) is 1. The number of hydrogen-bond acceptors (Lipinski definition) is 2. The van der Waals surface area contributed by atoms with Crippen molar-refractivity contribution in [3.8, 4) is 0 Å². The average molecular weight is 240 g/mol. The molecule has 0 fully saturated rings. The number of carboxylic acids is 1. The van der Waals surface area contributed by atoms with Gasteiger partial charge in [-0.25, -0.2) is 0 Å². The van der Waals surface area contributed by atoms with Gasteiger partial charge in [-0.1, -0.05) is 29.8 Å². The largest absolute Gasteiger partial charge is 0.481 e. The highest BCUT2D eigenvalue weighted by molar-refractivity contribution is 6.28. The van der Waals surface area contributed by atoms with Gasteiger partial charge in [-0.15, -0.1) is 0 Å². The summed E-state index contributed by atoms with van der Waals surface area (Å²) in [5.41, 5.74) is 9.69. The van der Waals surface area contributed by atoms with Gasteiger partial charge < -0.3 is 10.8 Å². The van der Waals surface area contributed by atoms with E-state index in [1.165, 1.54) is 5.54 Å². The van der Waals surface area contributed by atoms with Crippen LogP contribution in [0.1, 0.15) is 24.8 Å². The van der Waals surface area contributed by atoms with E-state index >= 15 is 0 Å².